The Morgan fingerprint density at radius 2 is 1.21 bits per heavy atom. The van der Waals surface area contributed by atoms with Gasteiger partial charge in [-0.3, -0.25) is 4.99 Å². The van der Waals surface area contributed by atoms with Crippen LogP contribution in [0, 0.1) is 27.7 Å². The van der Waals surface area contributed by atoms with Crippen molar-refractivity contribution >= 4 is 17.1 Å². The van der Waals surface area contributed by atoms with Gasteiger partial charge >= 0.3 is 0 Å². The molecule has 126 valence electrons. The molecule has 0 aliphatic rings. The largest absolute Gasteiger partial charge is 0.358 e. The SMILES string of the molecule is CC(=Nc1c(C)cccc1C)C(C)=C(C)Nc1c(C)cccc1C. The van der Waals surface area contributed by atoms with E-state index in [0.29, 0.717) is 0 Å². The predicted octanol–water partition coefficient (Wildman–Crippen LogP) is 6.42. The summed E-state index contributed by atoms with van der Waals surface area (Å²) in [4.78, 5) is 4.88. The highest BCUT2D eigenvalue weighted by Crippen LogP contribution is 2.26. The second-order valence-corrected chi connectivity index (χ2v) is 6.58. The van der Waals surface area contributed by atoms with Crippen LogP contribution in [-0.2, 0) is 0 Å². The molecule has 0 heterocycles. The summed E-state index contributed by atoms with van der Waals surface area (Å²) in [5, 5.41) is 3.57. The molecule has 0 amide bonds. The van der Waals surface area contributed by atoms with Crippen molar-refractivity contribution in [1.82, 2.24) is 0 Å². The number of para-hydroxylation sites is 2. The normalized spacial score (nSPS) is 12.9. The first-order valence-corrected chi connectivity index (χ1v) is 8.44. The maximum Gasteiger partial charge on any atom is 0.0691 e. The lowest BCUT2D eigenvalue weighted by Gasteiger charge is -2.16. The minimum Gasteiger partial charge on any atom is -0.358 e. The predicted molar refractivity (Wildman–Crippen MR) is 107 cm³/mol. The maximum absolute atomic E-state index is 4.88. The van der Waals surface area contributed by atoms with Crippen LogP contribution >= 0.6 is 0 Å². The Hall–Kier alpha value is -2.35. The Morgan fingerprint density at radius 3 is 1.71 bits per heavy atom. The first kappa shape index (κ1) is 18.0. The Morgan fingerprint density at radius 1 is 0.750 bits per heavy atom. The van der Waals surface area contributed by atoms with Gasteiger partial charge in [0.05, 0.1) is 5.69 Å². The molecule has 0 bridgehead atoms. The van der Waals surface area contributed by atoms with Crippen molar-refractivity contribution in [1.29, 1.82) is 0 Å². The Bertz CT molecular complexity index is 770. The number of hydrogen-bond donors (Lipinski definition) is 1. The Balaban J connectivity index is 2.36. The van der Waals surface area contributed by atoms with Crippen LogP contribution in [0.4, 0.5) is 11.4 Å². The van der Waals surface area contributed by atoms with E-state index in [2.05, 4.69) is 90.2 Å². The van der Waals surface area contributed by atoms with Crippen LogP contribution in [0.2, 0.25) is 0 Å². The van der Waals surface area contributed by atoms with Crippen LogP contribution < -0.4 is 5.32 Å². The smallest absolute Gasteiger partial charge is 0.0691 e. The molecule has 2 aromatic rings. The van der Waals surface area contributed by atoms with E-state index < -0.39 is 0 Å². The molecular formula is C22H28N2. The number of nitrogens with zero attached hydrogens (tertiary/aromatic N) is 1. The number of aryl methyl sites for hydroxylation is 4. The molecular weight excluding hydrogens is 292 g/mol. The van der Waals surface area contributed by atoms with Crippen molar-refractivity contribution in [2.45, 2.75) is 48.5 Å². The topological polar surface area (TPSA) is 24.4 Å². The fourth-order valence-corrected chi connectivity index (χ4v) is 2.80. The molecule has 2 heteroatoms. The molecule has 0 aliphatic heterocycles. The molecule has 24 heavy (non-hydrogen) atoms. The van der Waals surface area contributed by atoms with Crippen molar-refractivity contribution in [3.05, 3.63) is 69.9 Å². The van der Waals surface area contributed by atoms with Crippen LogP contribution in [0.1, 0.15) is 43.0 Å². The summed E-state index contributed by atoms with van der Waals surface area (Å²) < 4.78 is 0. The fraction of sp³-hybridized carbons (Fsp3) is 0.318. The first-order chi connectivity index (χ1) is 11.3. The highest BCUT2D eigenvalue weighted by atomic mass is 14.9. The van der Waals surface area contributed by atoms with Crippen molar-refractivity contribution in [2.75, 3.05) is 5.32 Å². The molecule has 0 atom stereocenters. The minimum absolute atomic E-state index is 1.05. The highest BCUT2D eigenvalue weighted by molar-refractivity contribution is 6.00. The van der Waals surface area contributed by atoms with E-state index in [9.17, 15) is 0 Å². The average Bonchev–Trinajstić information content (AvgIpc) is 2.53. The number of allylic oxidation sites excluding steroid dienone is 2. The summed E-state index contributed by atoms with van der Waals surface area (Å²) in [5.74, 6) is 0. The van der Waals surface area contributed by atoms with Gasteiger partial charge in [-0.2, -0.15) is 0 Å². The van der Waals surface area contributed by atoms with Crippen LogP contribution in [0.25, 0.3) is 0 Å². The summed E-state index contributed by atoms with van der Waals surface area (Å²) >= 11 is 0. The third-order valence-corrected chi connectivity index (χ3v) is 4.62. The average molecular weight is 320 g/mol. The maximum atomic E-state index is 4.88. The van der Waals surface area contributed by atoms with Crippen molar-refractivity contribution < 1.29 is 0 Å². The third kappa shape index (κ3) is 3.94. The lowest BCUT2D eigenvalue weighted by atomic mass is 10.1. The number of rotatable bonds is 4. The van der Waals surface area contributed by atoms with E-state index in [1.165, 1.54) is 33.5 Å². The van der Waals surface area contributed by atoms with E-state index in [1.54, 1.807) is 0 Å². The highest BCUT2D eigenvalue weighted by Gasteiger charge is 2.07. The summed E-state index contributed by atoms with van der Waals surface area (Å²) in [6.07, 6.45) is 0. The molecule has 2 nitrogen and oxygen atoms in total. The zero-order valence-corrected chi connectivity index (χ0v) is 15.9. The van der Waals surface area contributed by atoms with Gasteiger partial charge in [0.2, 0.25) is 0 Å². The van der Waals surface area contributed by atoms with Gasteiger partial charge in [0.1, 0.15) is 0 Å². The third-order valence-electron chi connectivity index (χ3n) is 4.62. The Labute approximate surface area is 146 Å². The van der Waals surface area contributed by atoms with Gasteiger partial charge < -0.3 is 5.32 Å². The summed E-state index contributed by atoms with van der Waals surface area (Å²) in [5.41, 5.74) is 10.6. The molecule has 0 saturated carbocycles. The number of nitrogens with one attached hydrogen (secondary N) is 1. The van der Waals surface area contributed by atoms with E-state index >= 15 is 0 Å². The van der Waals surface area contributed by atoms with Crippen LogP contribution in [0.5, 0.6) is 0 Å². The van der Waals surface area contributed by atoms with Gasteiger partial charge in [0.15, 0.2) is 0 Å². The number of anilines is 1. The summed E-state index contributed by atoms with van der Waals surface area (Å²) in [7, 11) is 0. The van der Waals surface area contributed by atoms with Crippen LogP contribution in [0.3, 0.4) is 0 Å². The van der Waals surface area contributed by atoms with Crippen LogP contribution in [0.15, 0.2) is 52.7 Å². The van der Waals surface area contributed by atoms with Gasteiger partial charge in [-0.05, 0) is 76.3 Å². The quantitative estimate of drug-likeness (QED) is 0.646. The molecule has 0 fully saturated rings. The second kappa shape index (κ2) is 7.48. The Kier molecular flexibility index (Phi) is 5.61. The van der Waals surface area contributed by atoms with E-state index in [0.717, 1.165) is 17.1 Å². The molecule has 1 N–H and O–H groups in total. The van der Waals surface area contributed by atoms with Gasteiger partial charge in [-0.25, -0.2) is 0 Å². The van der Waals surface area contributed by atoms with Crippen molar-refractivity contribution in [3.63, 3.8) is 0 Å². The number of benzene rings is 2. The summed E-state index contributed by atoms with van der Waals surface area (Å²) in [6, 6.07) is 12.7. The zero-order valence-electron chi connectivity index (χ0n) is 15.9. The van der Waals surface area contributed by atoms with Gasteiger partial charge in [-0.1, -0.05) is 36.4 Å². The molecule has 2 aromatic carbocycles. The van der Waals surface area contributed by atoms with E-state index in [4.69, 9.17) is 4.99 Å². The van der Waals surface area contributed by atoms with E-state index in [-0.39, 0.29) is 0 Å². The molecule has 0 saturated heterocycles. The lowest BCUT2D eigenvalue weighted by Crippen LogP contribution is -2.06. The standard InChI is InChI=1S/C22H28N2/c1-14-10-8-11-15(2)21(14)23-19(6)18(5)20(7)24-22-16(3)12-9-13-17(22)4/h8-13,23H,1-7H3. The monoisotopic (exact) mass is 320 g/mol. The molecule has 2 rings (SSSR count). The number of hydrogen-bond acceptors (Lipinski definition) is 2. The van der Waals surface area contributed by atoms with Gasteiger partial charge in [0.25, 0.3) is 0 Å². The van der Waals surface area contributed by atoms with E-state index in [1.807, 2.05) is 0 Å². The van der Waals surface area contributed by atoms with Crippen LogP contribution in [-0.4, -0.2) is 5.71 Å². The summed E-state index contributed by atoms with van der Waals surface area (Å²) in [6.45, 7) is 14.8. The molecule has 0 spiro atoms. The zero-order chi connectivity index (χ0) is 17.9. The van der Waals surface area contributed by atoms with Crippen molar-refractivity contribution in [3.8, 4) is 0 Å². The molecule has 0 aromatic heterocycles. The molecule has 0 radical (unpaired) electrons. The lowest BCUT2D eigenvalue weighted by molar-refractivity contribution is 1.25. The minimum atomic E-state index is 1.05. The van der Waals surface area contributed by atoms with Gasteiger partial charge in [-0.15, -0.1) is 0 Å². The molecule has 0 aliphatic carbocycles. The second-order valence-electron chi connectivity index (χ2n) is 6.58. The van der Waals surface area contributed by atoms with Crippen molar-refractivity contribution in [2.24, 2.45) is 4.99 Å². The van der Waals surface area contributed by atoms with Gasteiger partial charge in [0, 0.05) is 17.1 Å². The number of aliphatic imine (C=N–C) groups is 1. The fourth-order valence-electron chi connectivity index (χ4n) is 2.80. The first-order valence-electron chi connectivity index (χ1n) is 8.44. The molecule has 0 unspecified atom stereocenters.